The van der Waals surface area contributed by atoms with Gasteiger partial charge in [-0.3, -0.25) is 10.1 Å². The smallest absolute Gasteiger partial charge is 0.475 e. The number of nitrogens with one attached hydrogen (secondary N) is 1. The van der Waals surface area contributed by atoms with Gasteiger partial charge in [-0.15, -0.1) is 6.58 Å². The summed E-state index contributed by atoms with van der Waals surface area (Å²) in [6, 6.07) is 2.12. The number of carboxylic acids is 1. The molecule has 0 aliphatic carbocycles. The second kappa shape index (κ2) is 7.97. The first-order valence-electron chi connectivity index (χ1n) is 7.09. The summed E-state index contributed by atoms with van der Waals surface area (Å²) in [4.78, 5) is 22.8. The van der Waals surface area contributed by atoms with Crippen LogP contribution in [0.25, 0.3) is 0 Å². The van der Waals surface area contributed by atoms with Crippen molar-refractivity contribution in [2.45, 2.75) is 50.0 Å². The molecule has 2 aliphatic rings. The molecule has 1 amide bonds. The monoisotopic (exact) mass is 333 g/mol. The molecule has 0 aromatic heterocycles. The first kappa shape index (κ1) is 19.0. The van der Waals surface area contributed by atoms with Crippen LogP contribution in [-0.4, -0.2) is 52.7 Å². The lowest BCUT2D eigenvalue weighted by Gasteiger charge is -2.23. The molecule has 2 saturated heterocycles. The Morgan fingerprint density at radius 3 is 2.39 bits per heavy atom. The zero-order valence-electron chi connectivity index (χ0n) is 12.3. The van der Waals surface area contributed by atoms with Crippen molar-refractivity contribution < 1.29 is 27.9 Å². The molecule has 0 spiro atoms. The average Bonchev–Trinajstić information content (AvgIpc) is 3.14. The van der Waals surface area contributed by atoms with E-state index in [2.05, 4.69) is 18.0 Å². The van der Waals surface area contributed by atoms with E-state index >= 15 is 0 Å². The molecule has 2 heterocycles. The van der Waals surface area contributed by atoms with Crippen molar-refractivity contribution >= 4 is 11.9 Å². The number of aliphatic carboxylic acids is 1. The lowest BCUT2D eigenvalue weighted by atomic mass is 10.1. The van der Waals surface area contributed by atoms with Crippen molar-refractivity contribution in [3.63, 3.8) is 0 Å². The van der Waals surface area contributed by atoms with Gasteiger partial charge in [0.15, 0.2) is 0 Å². The van der Waals surface area contributed by atoms with Crippen molar-refractivity contribution in [3.8, 4) is 6.07 Å². The van der Waals surface area contributed by atoms with E-state index < -0.39 is 12.1 Å². The Hall–Kier alpha value is -2.08. The van der Waals surface area contributed by atoms with Gasteiger partial charge in [0.2, 0.25) is 5.91 Å². The second-order valence-corrected chi connectivity index (χ2v) is 5.26. The number of carbonyl (C=O) groups excluding carboxylic acids is 1. The minimum Gasteiger partial charge on any atom is -0.475 e. The largest absolute Gasteiger partial charge is 0.490 e. The highest BCUT2D eigenvalue weighted by molar-refractivity contribution is 5.83. The fourth-order valence-electron chi connectivity index (χ4n) is 2.52. The summed E-state index contributed by atoms with van der Waals surface area (Å²) in [5, 5.41) is 19.3. The maximum Gasteiger partial charge on any atom is 0.490 e. The molecule has 3 atom stereocenters. The van der Waals surface area contributed by atoms with Gasteiger partial charge < -0.3 is 10.0 Å². The van der Waals surface area contributed by atoms with E-state index in [4.69, 9.17) is 15.2 Å². The van der Waals surface area contributed by atoms with E-state index in [-0.39, 0.29) is 24.0 Å². The molecular formula is C14H18F3N3O3. The number of carboxylic acid groups (broad SMARTS) is 1. The van der Waals surface area contributed by atoms with Gasteiger partial charge in [0, 0.05) is 12.6 Å². The van der Waals surface area contributed by atoms with Gasteiger partial charge >= 0.3 is 12.1 Å². The van der Waals surface area contributed by atoms with Crippen molar-refractivity contribution in [3.05, 3.63) is 12.7 Å². The summed E-state index contributed by atoms with van der Waals surface area (Å²) in [6.45, 7) is 4.46. The third kappa shape index (κ3) is 5.25. The number of hydrogen-bond acceptors (Lipinski definition) is 4. The van der Waals surface area contributed by atoms with Crippen molar-refractivity contribution in [2.75, 3.05) is 6.54 Å². The number of alkyl halides is 3. The maximum atomic E-state index is 12.2. The van der Waals surface area contributed by atoms with Gasteiger partial charge in [0.1, 0.15) is 6.04 Å². The minimum atomic E-state index is -5.08. The van der Waals surface area contributed by atoms with E-state index in [1.807, 2.05) is 6.08 Å². The predicted octanol–water partition coefficient (Wildman–Crippen LogP) is 1.44. The molecule has 23 heavy (non-hydrogen) atoms. The number of nitrogens with zero attached hydrogens (tertiary/aromatic N) is 2. The summed E-state index contributed by atoms with van der Waals surface area (Å²) < 4.78 is 31.7. The molecule has 0 aromatic carbocycles. The minimum absolute atomic E-state index is 0.0911. The third-order valence-corrected chi connectivity index (χ3v) is 3.69. The summed E-state index contributed by atoms with van der Waals surface area (Å²) in [7, 11) is 0. The van der Waals surface area contributed by atoms with Crippen molar-refractivity contribution in [1.82, 2.24) is 10.2 Å². The van der Waals surface area contributed by atoms with Gasteiger partial charge in [-0.05, 0) is 25.7 Å². The highest BCUT2D eigenvalue weighted by atomic mass is 19.4. The summed E-state index contributed by atoms with van der Waals surface area (Å²) in [5.41, 5.74) is 0. The van der Waals surface area contributed by atoms with Crippen LogP contribution in [0, 0.1) is 11.3 Å². The SMILES string of the molecule is C=C[C@@H]1CC[C@@H](C(=O)N2CCC[C@H]2C#N)N1.O=C(O)C(F)(F)F. The molecule has 2 aliphatic heterocycles. The van der Waals surface area contributed by atoms with E-state index in [9.17, 15) is 18.0 Å². The first-order valence-corrected chi connectivity index (χ1v) is 7.09. The molecule has 9 heteroatoms. The Bertz CT molecular complexity index is 502. The molecule has 0 saturated carbocycles. The van der Waals surface area contributed by atoms with Crippen LogP contribution < -0.4 is 5.32 Å². The van der Waals surface area contributed by atoms with Crippen LogP contribution in [0.4, 0.5) is 13.2 Å². The maximum absolute atomic E-state index is 12.2. The van der Waals surface area contributed by atoms with E-state index in [0.29, 0.717) is 0 Å². The van der Waals surface area contributed by atoms with Crippen LogP contribution in [0.5, 0.6) is 0 Å². The molecule has 0 bridgehead atoms. The van der Waals surface area contributed by atoms with Crippen LogP contribution in [-0.2, 0) is 9.59 Å². The molecule has 6 nitrogen and oxygen atoms in total. The summed E-state index contributed by atoms with van der Waals surface area (Å²) >= 11 is 0. The zero-order valence-corrected chi connectivity index (χ0v) is 12.3. The van der Waals surface area contributed by atoms with E-state index in [0.717, 1.165) is 32.2 Å². The van der Waals surface area contributed by atoms with Gasteiger partial charge in [-0.1, -0.05) is 6.08 Å². The topological polar surface area (TPSA) is 93.4 Å². The Labute approximate surface area is 131 Å². The van der Waals surface area contributed by atoms with Crippen LogP contribution in [0.1, 0.15) is 25.7 Å². The third-order valence-electron chi connectivity index (χ3n) is 3.69. The number of nitriles is 1. The van der Waals surface area contributed by atoms with Crippen LogP contribution in [0.15, 0.2) is 12.7 Å². The molecule has 2 rings (SSSR count). The number of rotatable bonds is 2. The lowest BCUT2D eigenvalue weighted by Crippen LogP contribution is -2.46. The highest BCUT2D eigenvalue weighted by Crippen LogP contribution is 2.21. The molecule has 128 valence electrons. The standard InChI is InChI=1S/C12H17N3O.C2HF3O2/c1-2-9-5-6-11(14-9)12(16)15-7-3-4-10(15)8-13;3-2(4,5)1(6)7/h2,9-11,14H,1,3-7H2;(H,6,7)/t9-,10+,11+;/m1./s1. The van der Waals surface area contributed by atoms with Gasteiger partial charge in [-0.25, -0.2) is 4.79 Å². The Kier molecular flexibility index (Phi) is 6.57. The first-order chi connectivity index (χ1) is 10.7. The fraction of sp³-hybridized carbons (Fsp3) is 0.643. The molecule has 0 radical (unpaired) electrons. The van der Waals surface area contributed by atoms with Crippen LogP contribution in [0.2, 0.25) is 0 Å². The number of hydrogen-bond donors (Lipinski definition) is 2. The Morgan fingerprint density at radius 2 is 1.96 bits per heavy atom. The van der Waals surface area contributed by atoms with Crippen LogP contribution >= 0.6 is 0 Å². The molecule has 2 N–H and O–H groups in total. The number of halogens is 3. The number of carbonyl (C=O) groups is 2. The van der Waals surface area contributed by atoms with Crippen LogP contribution in [0.3, 0.4) is 0 Å². The number of likely N-dealkylation sites (tertiary alicyclic amines) is 1. The predicted molar refractivity (Wildman–Crippen MR) is 74.2 cm³/mol. The van der Waals surface area contributed by atoms with Gasteiger partial charge in [0.25, 0.3) is 0 Å². The molecule has 0 unspecified atom stereocenters. The fourth-order valence-corrected chi connectivity index (χ4v) is 2.52. The zero-order chi connectivity index (χ0) is 17.6. The second-order valence-electron chi connectivity index (χ2n) is 5.26. The quantitative estimate of drug-likeness (QED) is 0.746. The average molecular weight is 333 g/mol. The molecule has 0 aromatic rings. The van der Waals surface area contributed by atoms with E-state index in [1.165, 1.54) is 0 Å². The lowest BCUT2D eigenvalue weighted by molar-refractivity contribution is -0.192. The van der Waals surface area contributed by atoms with Gasteiger partial charge in [0.05, 0.1) is 12.1 Å². The number of amides is 1. The molecular weight excluding hydrogens is 315 g/mol. The highest BCUT2D eigenvalue weighted by Gasteiger charge is 2.38. The van der Waals surface area contributed by atoms with Gasteiger partial charge in [-0.2, -0.15) is 18.4 Å². The summed E-state index contributed by atoms with van der Waals surface area (Å²) in [5.74, 6) is -2.67. The Balaban J connectivity index is 0.000000322. The normalized spacial score (nSPS) is 26.9. The summed E-state index contributed by atoms with van der Waals surface area (Å²) in [6.07, 6.45) is 0.343. The van der Waals surface area contributed by atoms with Crippen molar-refractivity contribution in [1.29, 1.82) is 5.26 Å². The van der Waals surface area contributed by atoms with Crippen molar-refractivity contribution in [2.24, 2.45) is 0 Å². The van der Waals surface area contributed by atoms with E-state index in [1.54, 1.807) is 4.90 Å². The molecule has 2 fully saturated rings. The Morgan fingerprint density at radius 1 is 1.35 bits per heavy atom.